The Morgan fingerprint density at radius 1 is 1.35 bits per heavy atom. The van der Waals surface area contributed by atoms with Crippen molar-refractivity contribution in [2.75, 3.05) is 19.6 Å². The Labute approximate surface area is 135 Å². The number of hydrogen-bond acceptors (Lipinski definition) is 5. The third-order valence-electron chi connectivity index (χ3n) is 4.35. The van der Waals surface area contributed by atoms with Gasteiger partial charge in [-0.05, 0) is 61.0 Å². The molecular formula is C16H22N6O. The summed E-state index contributed by atoms with van der Waals surface area (Å²) >= 11 is 0. The summed E-state index contributed by atoms with van der Waals surface area (Å²) in [7, 11) is 0. The maximum absolute atomic E-state index is 12.4. The Balaban J connectivity index is 1.62. The second-order valence-electron chi connectivity index (χ2n) is 5.82. The number of carbonyl (C=O) groups excluding carboxylic acids is 1. The van der Waals surface area contributed by atoms with Gasteiger partial charge in [-0.1, -0.05) is 13.0 Å². The lowest BCUT2D eigenvalue weighted by Gasteiger charge is -2.26. The quantitative estimate of drug-likeness (QED) is 0.869. The smallest absolute Gasteiger partial charge is 0.251 e. The van der Waals surface area contributed by atoms with E-state index < -0.39 is 0 Å². The molecule has 1 aliphatic heterocycles. The maximum atomic E-state index is 12.4. The van der Waals surface area contributed by atoms with E-state index in [-0.39, 0.29) is 5.91 Å². The van der Waals surface area contributed by atoms with Gasteiger partial charge in [-0.2, -0.15) is 0 Å². The zero-order chi connectivity index (χ0) is 16.1. The van der Waals surface area contributed by atoms with Gasteiger partial charge >= 0.3 is 0 Å². The third-order valence-corrected chi connectivity index (χ3v) is 4.35. The Morgan fingerprint density at radius 2 is 2.17 bits per heavy atom. The number of tetrazole rings is 1. The topological polar surface area (TPSA) is 75.9 Å². The highest BCUT2D eigenvalue weighted by Gasteiger charge is 2.21. The van der Waals surface area contributed by atoms with Crippen molar-refractivity contribution in [2.45, 2.75) is 32.2 Å². The number of rotatable bonds is 6. The van der Waals surface area contributed by atoms with Crippen LogP contribution in [-0.2, 0) is 0 Å². The molecule has 1 aliphatic rings. The fourth-order valence-corrected chi connectivity index (χ4v) is 3.02. The van der Waals surface area contributed by atoms with Gasteiger partial charge in [0.25, 0.3) is 5.91 Å². The van der Waals surface area contributed by atoms with Crippen molar-refractivity contribution in [2.24, 2.45) is 0 Å². The Kier molecular flexibility index (Phi) is 4.97. The average molecular weight is 314 g/mol. The molecule has 2 heterocycles. The highest BCUT2D eigenvalue weighted by Crippen LogP contribution is 2.14. The maximum Gasteiger partial charge on any atom is 0.251 e. The average Bonchev–Trinajstić information content (AvgIpc) is 3.29. The van der Waals surface area contributed by atoms with E-state index in [1.165, 1.54) is 23.9 Å². The van der Waals surface area contributed by atoms with Crippen LogP contribution in [0.4, 0.5) is 0 Å². The van der Waals surface area contributed by atoms with Gasteiger partial charge in [-0.25, -0.2) is 4.68 Å². The molecule has 1 aromatic carbocycles. The molecule has 1 saturated heterocycles. The van der Waals surface area contributed by atoms with Crippen LogP contribution in [0.15, 0.2) is 30.6 Å². The first-order chi connectivity index (χ1) is 11.3. The largest absolute Gasteiger partial charge is 0.350 e. The molecule has 122 valence electrons. The van der Waals surface area contributed by atoms with Crippen LogP contribution >= 0.6 is 0 Å². The molecule has 0 aliphatic carbocycles. The molecule has 3 rings (SSSR count). The lowest BCUT2D eigenvalue weighted by atomic mass is 10.1. The van der Waals surface area contributed by atoms with Crippen molar-refractivity contribution >= 4 is 5.91 Å². The third kappa shape index (κ3) is 3.73. The first-order valence-electron chi connectivity index (χ1n) is 8.13. The van der Waals surface area contributed by atoms with E-state index in [1.54, 1.807) is 12.1 Å². The Morgan fingerprint density at radius 3 is 2.87 bits per heavy atom. The van der Waals surface area contributed by atoms with E-state index in [9.17, 15) is 4.79 Å². The van der Waals surface area contributed by atoms with E-state index in [2.05, 4.69) is 32.7 Å². The summed E-state index contributed by atoms with van der Waals surface area (Å²) in [5, 5.41) is 14.1. The molecular weight excluding hydrogens is 292 g/mol. The van der Waals surface area contributed by atoms with Crippen molar-refractivity contribution < 1.29 is 4.79 Å². The lowest BCUT2D eigenvalue weighted by molar-refractivity contribution is 0.0937. The number of aromatic nitrogens is 4. The minimum atomic E-state index is -0.0578. The van der Waals surface area contributed by atoms with Crippen LogP contribution in [0, 0.1) is 0 Å². The Hall–Kier alpha value is -2.28. The molecule has 1 unspecified atom stereocenters. The van der Waals surface area contributed by atoms with E-state index in [0.717, 1.165) is 25.2 Å². The lowest BCUT2D eigenvalue weighted by Crippen LogP contribution is -2.42. The molecule has 0 radical (unpaired) electrons. The van der Waals surface area contributed by atoms with Gasteiger partial charge in [0.05, 0.1) is 5.69 Å². The summed E-state index contributed by atoms with van der Waals surface area (Å²) in [5.74, 6) is -0.0578. The summed E-state index contributed by atoms with van der Waals surface area (Å²) in [5.41, 5.74) is 1.39. The number of carbonyl (C=O) groups is 1. The number of nitrogens with zero attached hydrogens (tertiary/aromatic N) is 5. The predicted molar refractivity (Wildman–Crippen MR) is 86.4 cm³/mol. The Bertz CT molecular complexity index is 636. The normalized spacial score (nSPS) is 16.4. The molecule has 1 fully saturated rings. The summed E-state index contributed by atoms with van der Waals surface area (Å²) in [4.78, 5) is 14.9. The number of amides is 1. The second kappa shape index (κ2) is 7.32. The highest BCUT2D eigenvalue weighted by atomic mass is 16.1. The molecule has 2 aromatic rings. The molecule has 1 N–H and O–H groups in total. The van der Waals surface area contributed by atoms with Crippen molar-refractivity contribution in [3.05, 3.63) is 36.2 Å². The molecule has 1 atom stereocenters. The zero-order valence-corrected chi connectivity index (χ0v) is 13.4. The zero-order valence-electron chi connectivity index (χ0n) is 13.4. The monoisotopic (exact) mass is 314 g/mol. The first kappa shape index (κ1) is 15.6. The molecule has 0 saturated carbocycles. The van der Waals surface area contributed by atoms with Gasteiger partial charge in [0.2, 0.25) is 0 Å². The van der Waals surface area contributed by atoms with Crippen molar-refractivity contribution in [3.63, 3.8) is 0 Å². The van der Waals surface area contributed by atoms with Crippen molar-refractivity contribution in [1.82, 2.24) is 30.4 Å². The molecule has 0 bridgehead atoms. The summed E-state index contributed by atoms with van der Waals surface area (Å²) in [6.07, 6.45) is 5.08. The summed E-state index contributed by atoms with van der Waals surface area (Å²) in [6.45, 7) is 5.14. The molecule has 7 nitrogen and oxygen atoms in total. The molecule has 7 heteroatoms. The van der Waals surface area contributed by atoms with Crippen LogP contribution in [0.3, 0.4) is 0 Å². The van der Waals surface area contributed by atoms with Crippen molar-refractivity contribution in [3.8, 4) is 5.69 Å². The van der Waals surface area contributed by atoms with E-state index >= 15 is 0 Å². The van der Waals surface area contributed by atoms with Crippen molar-refractivity contribution in [1.29, 1.82) is 0 Å². The first-order valence-corrected chi connectivity index (χ1v) is 8.13. The molecule has 23 heavy (non-hydrogen) atoms. The number of likely N-dealkylation sites (tertiary alicyclic amines) is 1. The highest BCUT2D eigenvalue weighted by molar-refractivity contribution is 5.94. The fourth-order valence-electron chi connectivity index (χ4n) is 3.02. The number of hydrogen-bond donors (Lipinski definition) is 1. The SMILES string of the molecule is CCC(CNC(=O)c1cccc(-n2cnnn2)c1)N1CCCC1. The van der Waals surface area contributed by atoms with Gasteiger partial charge in [0.15, 0.2) is 0 Å². The second-order valence-corrected chi connectivity index (χ2v) is 5.82. The van der Waals surface area contributed by atoms with Gasteiger partial charge < -0.3 is 5.32 Å². The number of benzene rings is 1. The van der Waals surface area contributed by atoms with E-state index in [1.807, 2.05) is 12.1 Å². The fraction of sp³-hybridized carbons (Fsp3) is 0.500. The van der Waals surface area contributed by atoms with Gasteiger partial charge in [-0.15, -0.1) is 5.10 Å². The number of nitrogens with one attached hydrogen (secondary N) is 1. The van der Waals surface area contributed by atoms with Crippen LogP contribution < -0.4 is 5.32 Å². The summed E-state index contributed by atoms with van der Waals surface area (Å²) < 4.78 is 1.54. The van der Waals surface area contributed by atoms with Crippen LogP contribution in [-0.4, -0.2) is 56.7 Å². The minimum absolute atomic E-state index is 0.0578. The molecule has 1 amide bonds. The van der Waals surface area contributed by atoms with Gasteiger partial charge in [0, 0.05) is 18.2 Å². The molecule has 1 aromatic heterocycles. The molecule has 0 spiro atoms. The van der Waals surface area contributed by atoms with Gasteiger partial charge in [-0.3, -0.25) is 9.69 Å². The summed E-state index contributed by atoms with van der Waals surface area (Å²) in [6, 6.07) is 7.72. The van der Waals surface area contributed by atoms with Crippen LogP contribution in [0.1, 0.15) is 36.5 Å². The van der Waals surface area contributed by atoms with Crippen LogP contribution in [0.2, 0.25) is 0 Å². The van der Waals surface area contributed by atoms with Crippen LogP contribution in [0.25, 0.3) is 5.69 Å². The van der Waals surface area contributed by atoms with Crippen LogP contribution in [0.5, 0.6) is 0 Å². The standard InChI is InChI=1S/C16H22N6O/c1-2-14(21-8-3-4-9-21)11-17-16(23)13-6-5-7-15(10-13)22-12-18-19-20-22/h5-7,10,12,14H,2-4,8-9,11H2,1H3,(H,17,23). The van der Waals surface area contributed by atoms with Gasteiger partial charge in [0.1, 0.15) is 6.33 Å². The van der Waals surface area contributed by atoms with E-state index in [0.29, 0.717) is 18.2 Å². The predicted octanol–water partition coefficient (Wildman–Crippen LogP) is 1.27. The minimum Gasteiger partial charge on any atom is -0.350 e. The van der Waals surface area contributed by atoms with E-state index in [4.69, 9.17) is 0 Å².